The molecule has 0 aliphatic heterocycles. The predicted molar refractivity (Wildman–Crippen MR) is 106 cm³/mol. The average Bonchev–Trinajstić information content (AvgIpc) is 2.66. The fourth-order valence-corrected chi connectivity index (χ4v) is 1.83. The second kappa shape index (κ2) is 31.6. The van der Waals surface area contributed by atoms with Crippen molar-refractivity contribution in [2.45, 2.75) is 66.7 Å². The summed E-state index contributed by atoms with van der Waals surface area (Å²) in [5.41, 5.74) is 0. The topological polar surface area (TPSA) is 90.5 Å². The van der Waals surface area contributed by atoms with Crippen molar-refractivity contribution >= 4 is 13.6 Å². The van der Waals surface area contributed by atoms with Crippen LogP contribution in [0.15, 0.2) is 0 Å². The van der Waals surface area contributed by atoms with Crippen molar-refractivity contribution in [3.8, 4) is 0 Å². The van der Waals surface area contributed by atoms with E-state index in [4.69, 9.17) is 9.59 Å². The Labute approximate surface area is 169 Å². The molecule has 0 aliphatic rings. The van der Waals surface area contributed by atoms with E-state index in [1.165, 1.54) is 0 Å². The Bertz CT molecular complexity index is 205. The molecule has 0 spiro atoms. The van der Waals surface area contributed by atoms with Crippen molar-refractivity contribution in [1.82, 2.24) is 0 Å². The first-order valence-electron chi connectivity index (χ1n) is 8.50. The van der Waals surface area contributed by atoms with Crippen molar-refractivity contribution < 1.29 is 29.1 Å². The minimum atomic E-state index is 0. The normalized spacial score (nSPS) is 13.8. The Kier molecular flexibility index (Phi) is 45.2. The summed E-state index contributed by atoms with van der Waals surface area (Å²) in [6.07, 6.45) is 2.78. The molecule has 25 heavy (non-hydrogen) atoms. The van der Waals surface area contributed by atoms with E-state index in [1.54, 1.807) is 0 Å². The monoisotopic (exact) mass is 444 g/mol. The van der Waals surface area contributed by atoms with Gasteiger partial charge < -0.3 is 30.9 Å². The molecule has 150 valence electrons. The molecule has 0 saturated carbocycles. The van der Waals surface area contributed by atoms with Gasteiger partial charge in [-0.15, -0.1) is 0 Å². The van der Waals surface area contributed by atoms with Crippen LogP contribution in [-0.4, -0.2) is 53.1 Å². The van der Waals surface area contributed by atoms with Gasteiger partial charge >= 0.3 is 19.5 Å². The molecule has 0 radical (unpaired) electrons. The first-order chi connectivity index (χ1) is 11.5. The Balaban J connectivity index is -0.0000000858. The smallest absolute Gasteiger partial charge is 0.680 e. The summed E-state index contributed by atoms with van der Waals surface area (Å²) in [4.78, 5) is 15.5. The van der Waals surface area contributed by atoms with E-state index in [9.17, 15) is 0 Å². The Hall–Kier alpha value is -0.197. The molecule has 0 aromatic heterocycles. The zero-order valence-electron chi connectivity index (χ0n) is 17.3. The van der Waals surface area contributed by atoms with Crippen molar-refractivity contribution in [2.24, 2.45) is 11.8 Å². The number of hydrogen-bond donors (Lipinski definition) is 0. The largest absolute Gasteiger partial charge is 6.00 e. The predicted octanol–water partition coefficient (Wildman–Crippen LogP) is 4.96. The van der Waals surface area contributed by atoms with Gasteiger partial charge in [-0.25, -0.2) is 12.3 Å². The molecule has 7 heteroatoms. The molecule has 0 aromatic carbocycles. The van der Waals surface area contributed by atoms with E-state index >= 15 is 0 Å². The molecule has 0 heterocycles. The van der Waals surface area contributed by atoms with Crippen molar-refractivity contribution in [2.75, 3.05) is 27.2 Å². The molecule has 0 rings (SSSR count). The van der Waals surface area contributed by atoms with Crippen LogP contribution in [0.5, 0.6) is 0 Å². The van der Waals surface area contributed by atoms with Gasteiger partial charge in [0.05, 0.1) is 0 Å². The minimum Gasteiger partial charge on any atom is -0.680 e. The summed E-state index contributed by atoms with van der Waals surface area (Å²) in [6.45, 7) is 21.1. The van der Waals surface area contributed by atoms with Gasteiger partial charge in [0, 0.05) is 0 Å². The quantitative estimate of drug-likeness (QED) is 0.271. The van der Waals surface area contributed by atoms with E-state index in [0.717, 1.165) is 25.9 Å². The first kappa shape index (κ1) is 35.8. The van der Waals surface area contributed by atoms with Crippen molar-refractivity contribution in [3.05, 3.63) is 21.3 Å². The van der Waals surface area contributed by atoms with E-state index in [2.05, 4.69) is 76.4 Å². The van der Waals surface area contributed by atoms with Gasteiger partial charge in [0.1, 0.15) is 0 Å². The van der Waals surface area contributed by atoms with Gasteiger partial charge in [-0.3, -0.25) is 13.6 Å². The van der Waals surface area contributed by atoms with Crippen LogP contribution in [0, 0.1) is 11.8 Å². The summed E-state index contributed by atoms with van der Waals surface area (Å²) < 4.78 is 0. The fraction of sp³-hybridized carbons (Fsp3) is 0.889. The summed E-state index contributed by atoms with van der Waals surface area (Å²) in [5, 5.41) is 17.1. The van der Waals surface area contributed by atoms with E-state index < -0.39 is 0 Å². The molecule has 0 N–H and O–H groups in total. The maximum atomic E-state index is 7.75. The third kappa shape index (κ3) is 23.8. The zero-order valence-corrected chi connectivity index (χ0v) is 19.0. The molecule has 0 aromatic rings. The Morgan fingerprint density at radius 2 is 0.920 bits per heavy atom. The van der Waals surface area contributed by atoms with Crippen LogP contribution < -0.4 is 0 Å². The summed E-state index contributed by atoms with van der Waals surface area (Å²) in [7, 11) is 3.69. The first-order valence-corrected chi connectivity index (χ1v) is 8.50. The second-order valence-electron chi connectivity index (χ2n) is 5.11. The van der Waals surface area contributed by atoms with Crippen LogP contribution in [0.25, 0.3) is 21.3 Å². The molecule has 0 fully saturated rings. The van der Waals surface area contributed by atoms with Gasteiger partial charge in [-0.05, 0) is 0 Å². The molecular formula is C18H38N4O2Ru. The second-order valence-corrected chi connectivity index (χ2v) is 5.11. The molecule has 4 atom stereocenters. The molecule has 6 nitrogen and oxygen atoms in total. The number of nitrogens with zero attached hydrogens (tertiary/aromatic N) is 4. The van der Waals surface area contributed by atoms with E-state index in [1.807, 2.05) is 14.1 Å². The number of rotatable bonds is 10. The van der Waals surface area contributed by atoms with Crippen LogP contribution in [0.4, 0.5) is 0 Å². The molecule has 4 unspecified atom stereocenters. The van der Waals surface area contributed by atoms with Crippen LogP contribution in [-0.2, 0) is 29.1 Å². The maximum Gasteiger partial charge on any atom is 6.00 e. The third-order valence-corrected chi connectivity index (χ3v) is 3.57. The van der Waals surface area contributed by atoms with Crippen molar-refractivity contribution in [3.63, 3.8) is 0 Å². The van der Waals surface area contributed by atoms with Gasteiger partial charge in [-0.2, -0.15) is 27.2 Å². The SMILES string of the molecule is CC[N-]C([N-]C)C(C)CC.CC[N-]C([N-]C)C(C)CC.[CH-]=O.[CH-]=O.[Ru+6]. The number of hydrogen-bond acceptors (Lipinski definition) is 2. The fourth-order valence-electron chi connectivity index (χ4n) is 1.83. The van der Waals surface area contributed by atoms with E-state index in [0.29, 0.717) is 11.8 Å². The summed E-state index contributed by atoms with van der Waals surface area (Å²) >= 11 is 0. The van der Waals surface area contributed by atoms with Crippen LogP contribution in [0.1, 0.15) is 54.4 Å². The van der Waals surface area contributed by atoms with Gasteiger partial charge in [0.25, 0.3) is 0 Å². The van der Waals surface area contributed by atoms with Crippen LogP contribution in [0.3, 0.4) is 0 Å². The standard InChI is InChI=1S/2C8H18N2.2CHO.Ru/c2*1-5-7(3)8(9-4)10-6-2;2*1-2;/h2*7-8H,5-6H2,1-4H3;2*1H;/q2*-2;2*-1;+6. The number of carbonyl (C=O) groups excluding carboxylic acids is 2. The molecular weight excluding hydrogens is 405 g/mol. The molecule has 0 aliphatic carbocycles. The van der Waals surface area contributed by atoms with Gasteiger partial charge in [-0.1, -0.05) is 66.2 Å². The zero-order chi connectivity index (χ0) is 20.0. The molecule has 0 bridgehead atoms. The van der Waals surface area contributed by atoms with Crippen molar-refractivity contribution in [1.29, 1.82) is 0 Å². The Morgan fingerprint density at radius 1 is 0.680 bits per heavy atom. The average molecular weight is 444 g/mol. The summed E-state index contributed by atoms with van der Waals surface area (Å²) in [5.74, 6) is 1.20. The Morgan fingerprint density at radius 3 is 1.04 bits per heavy atom. The van der Waals surface area contributed by atoms with Gasteiger partial charge in [0.15, 0.2) is 0 Å². The van der Waals surface area contributed by atoms with Gasteiger partial charge in [0.2, 0.25) is 0 Å². The van der Waals surface area contributed by atoms with Crippen LogP contribution >= 0.6 is 0 Å². The molecule has 0 saturated heterocycles. The minimum absolute atomic E-state index is 0. The van der Waals surface area contributed by atoms with E-state index in [-0.39, 0.29) is 31.8 Å². The maximum absolute atomic E-state index is 7.75. The van der Waals surface area contributed by atoms with Crippen LogP contribution in [0.2, 0.25) is 0 Å². The molecule has 0 amide bonds. The summed E-state index contributed by atoms with van der Waals surface area (Å²) in [6, 6.07) is 0. The third-order valence-electron chi connectivity index (χ3n) is 3.57.